The van der Waals surface area contributed by atoms with Crippen LogP contribution in [0.3, 0.4) is 0 Å². The van der Waals surface area contributed by atoms with Gasteiger partial charge in [0.25, 0.3) is 0 Å². The van der Waals surface area contributed by atoms with Gasteiger partial charge in [0.2, 0.25) is 5.88 Å². The lowest BCUT2D eigenvalue weighted by Gasteiger charge is -2.11. The number of methoxy groups -OCH3 is 1. The van der Waals surface area contributed by atoms with Crippen molar-refractivity contribution in [1.29, 1.82) is 5.41 Å². The van der Waals surface area contributed by atoms with E-state index in [9.17, 15) is 4.79 Å². The van der Waals surface area contributed by atoms with Gasteiger partial charge in [-0.15, -0.1) is 0 Å². The Morgan fingerprint density at radius 1 is 1.42 bits per heavy atom. The highest BCUT2D eigenvalue weighted by atomic mass is 16.5. The second-order valence-corrected chi connectivity index (χ2v) is 4.72. The maximum atomic E-state index is 11.2. The number of nitrogens with zero attached hydrogens (tertiary/aromatic N) is 2. The van der Waals surface area contributed by atoms with Gasteiger partial charge in [0, 0.05) is 24.9 Å². The van der Waals surface area contributed by atoms with Gasteiger partial charge in [-0.3, -0.25) is 15.2 Å². The number of aldehydes is 1. The van der Waals surface area contributed by atoms with Crippen LogP contribution in [0.4, 0.5) is 0 Å². The lowest BCUT2D eigenvalue weighted by atomic mass is 10.1. The minimum atomic E-state index is 0.161. The molecule has 2 aromatic heterocycles. The van der Waals surface area contributed by atoms with Crippen molar-refractivity contribution >= 4 is 12.0 Å². The number of pyridine rings is 2. The van der Waals surface area contributed by atoms with Crippen LogP contribution in [-0.4, -0.2) is 36.1 Å². The van der Waals surface area contributed by atoms with Gasteiger partial charge in [-0.2, -0.15) is 0 Å². The molecular weight excluding hydrogens is 308 g/mol. The summed E-state index contributed by atoms with van der Waals surface area (Å²) in [6, 6.07) is 5.09. The first-order valence-electron chi connectivity index (χ1n) is 7.18. The number of carbonyl (C=O) groups excluding carboxylic acids is 1. The van der Waals surface area contributed by atoms with Crippen molar-refractivity contribution in [2.75, 3.05) is 14.2 Å². The van der Waals surface area contributed by atoms with Crippen molar-refractivity contribution in [3.05, 3.63) is 59.7 Å². The standard InChI is InChI=1S/C17H18N4O3/c1-19-7-5-14(18)17-12(4-3-6-20-17)11-24-15-9-21-16(23-2)8-13(15)10-22/h3-10,18-19H,11H2,1-2H3/b7-5-,18-14?. The van der Waals surface area contributed by atoms with E-state index in [4.69, 9.17) is 14.9 Å². The van der Waals surface area contributed by atoms with E-state index in [1.807, 2.05) is 6.07 Å². The van der Waals surface area contributed by atoms with Crippen LogP contribution >= 0.6 is 0 Å². The molecule has 7 nitrogen and oxygen atoms in total. The van der Waals surface area contributed by atoms with E-state index in [0.717, 1.165) is 5.56 Å². The third kappa shape index (κ3) is 4.16. The summed E-state index contributed by atoms with van der Waals surface area (Å²) in [5.74, 6) is 0.684. The summed E-state index contributed by atoms with van der Waals surface area (Å²) >= 11 is 0. The van der Waals surface area contributed by atoms with Gasteiger partial charge < -0.3 is 14.8 Å². The second kappa shape index (κ2) is 8.42. The van der Waals surface area contributed by atoms with Gasteiger partial charge in [0.05, 0.1) is 30.3 Å². The van der Waals surface area contributed by atoms with Crippen LogP contribution < -0.4 is 14.8 Å². The van der Waals surface area contributed by atoms with Gasteiger partial charge in [-0.25, -0.2) is 4.98 Å². The first kappa shape index (κ1) is 17.1. The summed E-state index contributed by atoms with van der Waals surface area (Å²) in [4.78, 5) is 19.4. The van der Waals surface area contributed by atoms with Gasteiger partial charge >= 0.3 is 0 Å². The van der Waals surface area contributed by atoms with Crippen LogP contribution in [0.1, 0.15) is 21.6 Å². The Morgan fingerprint density at radius 2 is 2.25 bits per heavy atom. The smallest absolute Gasteiger partial charge is 0.213 e. The zero-order valence-corrected chi connectivity index (χ0v) is 13.4. The van der Waals surface area contributed by atoms with Crippen molar-refractivity contribution < 1.29 is 14.3 Å². The molecule has 2 heterocycles. The van der Waals surface area contributed by atoms with Crippen molar-refractivity contribution in [3.63, 3.8) is 0 Å². The largest absolute Gasteiger partial charge is 0.486 e. The third-order valence-electron chi connectivity index (χ3n) is 3.15. The highest BCUT2D eigenvalue weighted by Gasteiger charge is 2.10. The summed E-state index contributed by atoms with van der Waals surface area (Å²) in [5, 5.41) is 10.9. The SMILES string of the molecule is CN/C=C\C(=N)c1ncccc1COc1cnc(OC)cc1C=O. The number of hydrogen-bond donors (Lipinski definition) is 2. The number of nitrogens with one attached hydrogen (secondary N) is 2. The number of aromatic nitrogens is 2. The maximum absolute atomic E-state index is 11.2. The molecule has 124 valence electrons. The fourth-order valence-electron chi connectivity index (χ4n) is 1.96. The number of hydrogen-bond acceptors (Lipinski definition) is 7. The van der Waals surface area contributed by atoms with E-state index in [0.29, 0.717) is 29.2 Å². The average molecular weight is 326 g/mol. The Bertz CT molecular complexity index is 759. The highest BCUT2D eigenvalue weighted by Crippen LogP contribution is 2.21. The summed E-state index contributed by atoms with van der Waals surface area (Å²) in [7, 11) is 3.23. The van der Waals surface area contributed by atoms with Gasteiger partial charge in [-0.1, -0.05) is 6.07 Å². The number of allylic oxidation sites excluding steroid dienone is 1. The fraction of sp³-hybridized carbons (Fsp3) is 0.176. The molecule has 0 aromatic carbocycles. The van der Waals surface area contributed by atoms with E-state index in [1.165, 1.54) is 19.4 Å². The van der Waals surface area contributed by atoms with Crippen LogP contribution in [0.25, 0.3) is 0 Å². The zero-order valence-electron chi connectivity index (χ0n) is 13.4. The van der Waals surface area contributed by atoms with E-state index in [-0.39, 0.29) is 12.3 Å². The third-order valence-corrected chi connectivity index (χ3v) is 3.15. The molecule has 0 unspecified atom stereocenters. The van der Waals surface area contributed by atoms with Gasteiger partial charge in [0.15, 0.2) is 6.29 Å². The molecule has 2 aromatic rings. The number of ether oxygens (including phenoxy) is 2. The molecule has 0 fully saturated rings. The van der Waals surface area contributed by atoms with Crippen LogP contribution in [0.15, 0.2) is 42.9 Å². The minimum Gasteiger partial charge on any atom is -0.486 e. The van der Waals surface area contributed by atoms with E-state index < -0.39 is 0 Å². The van der Waals surface area contributed by atoms with E-state index in [2.05, 4.69) is 15.3 Å². The maximum Gasteiger partial charge on any atom is 0.213 e. The monoisotopic (exact) mass is 326 g/mol. The lowest BCUT2D eigenvalue weighted by molar-refractivity contribution is 0.111. The average Bonchev–Trinajstić information content (AvgIpc) is 2.64. The predicted octanol–water partition coefficient (Wildman–Crippen LogP) is 1.98. The summed E-state index contributed by atoms with van der Waals surface area (Å²) in [6.07, 6.45) is 7.00. The number of rotatable bonds is 8. The molecule has 0 aliphatic carbocycles. The summed E-state index contributed by atoms with van der Waals surface area (Å²) in [5.41, 5.74) is 1.85. The topological polar surface area (TPSA) is 97.2 Å². The van der Waals surface area contributed by atoms with Crippen LogP contribution in [-0.2, 0) is 6.61 Å². The second-order valence-electron chi connectivity index (χ2n) is 4.72. The molecule has 0 aliphatic heterocycles. The first-order chi connectivity index (χ1) is 11.7. The Balaban J connectivity index is 2.20. The molecule has 7 heteroatoms. The minimum absolute atomic E-state index is 0.161. The van der Waals surface area contributed by atoms with Crippen LogP contribution in [0.2, 0.25) is 0 Å². The normalized spacial score (nSPS) is 10.4. The van der Waals surface area contributed by atoms with E-state index >= 15 is 0 Å². The molecule has 2 rings (SSSR count). The molecule has 0 saturated heterocycles. The first-order valence-corrected chi connectivity index (χ1v) is 7.18. The molecule has 0 saturated carbocycles. The molecule has 0 spiro atoms. The highest BCUT2D eigenvalue weighted by molar-refractivity contribution is 6.05. The quantitative estimate of drug-likeness (QED) is 0.569. The Hall–Kier alpha value is -3.22. The molecule has 0 atom stereocenters. The summed E-state index contributed by atoms with van der Waals surface area (Å²) in [6.45, 7) is 0.161. The van der Waals surface area contributed by atoms with Crippen LogP contribution in [0, 0.1) is 5.41 Å². The van der Waals surface area contributed by atoms with Crippen molar-refractivity contribution in [1.82, 2.24) is 15.3 Å². The van der Waals surface area contributed by atoms with Crippen LogP contribution in [0.5, 0.6) is 11.6 Å². The Kier molecular flexibility index (Phi) is 6.01. The van der Waals surface area contributed by atoms with Gasteiger partial charge in [-0.05, 0) is 18.3 Å². The van der Waals surface area contributed by atoms with Crippen molar-refractivity contribution in [2.45, 2.75) is 6.61 Å². The predicted molar refractivity (Wildman–Crippen MR) is 89.8 cm³/mol. The molecule has 0 bridgehead atoms. The van der Waals surface area contributed by atoms with Crippen molar-refractivity contribution in [2.24, 2.45) is 0 Å². The zero-order chi connectivity index (χ0) is 17.4. The lowest BCUT2D eigenvalue weighted by Crippen LogP contribution is -2.08. The molecular formula is C17H18N4O3. The molecule has 2 N–H and O–H groups in total. The molecule has 24 heavy (non-hydrogen) atoms. The molecule has 0 radical (unpaired) electrons. The van der Waals surface area contributed by atoms with Crippen molar-refractivity contribution in [3.8, 4) is 11.6 Å². The molecule has 0 aliphatic rings. The molecule has 0 amide bonds. The fourth-order valence-corrected chi connectivity index (χ4v) is 1.96. The van der Waals surface area contributed by atoms with E-state index in [1.54, 1.807) is 31.6 Å². The van der Waals surface area contributed by atoms with Gasteiger partial charge in [0.1, 0.15) is 12.4 Å². The number of carbonyl (C=O) groups is 1. The Labute approximate surface area is 139 Å². The Morgan fingerprint density at radius 3 is 2.96 bits per heavy atom. The summed E-state index contributed by atoms with van der Waals surface area (Å²) < 4.78 is 10.7.